The van der Waals surface area contributed by atoms with Crippen molar-refractivity contribution in [3.8, 4) is 5.75 Å². The monoisotopic (exact) mass is 366 g/mol. The second kappa shape index (κ2) is 8.26. The number of piperidine rings is 1. The molecule has 4 rings (SSSR count). The van der Waals surface area contributed by atoms with Crippen LogP contribution in [-0.2, 0) is 0 Å². The van der Waals surface area contributed by atoms with Crippen LogP contribution in [0.15, 0.2) is 36.7 Å². The van der Waals surface area contributed by atoms with Crippen LogP contribution in [0.4, 0.5) is 5.95 Å². The first kappa shape index (κ1) is 18.2. The van der Waals surface area contributed by atoms with Gasteiger partial charge in [0.05, 0.1) is 6.61 Å². The summed E-state index contributed by atoms with van der Waals surface area (Å²) < 4.78 is 6.17. The number of para-hydroxylation sites is 1. The lowest BCUT2D eigenvalue weighted by molar-refractivity contribution is 0.308. The molecule has 0 spiro atoms. The molecule has 1 saturated heterocycles. The quantitative estimate of drug-likeness (QED) is 0.884. The Labute approximate surface area is 162 Å². The SMILES string of the molecule is CC(C)c1cccc2c1OCCCC2NC1CCN(c2ncccn2)CC1. The van der Waals surface area contributed by atoms with E-state index in [1.54, 1.807) is 0 Å². The van der Waals surface area contributed by atoms with Crippen molar-refractivity contribution < 1.29 is 4.74 Å². The summed E-state index contributed by atoms with van der Waals surface area (Å²) in [6.45, 7) is 7.31. The third kappa shape index (κ3) is 4.08. The number of fused-ring (bicyclic) bond motifs is 1. The predicted molar refractivity (Wildman–Crippen MR) is 108 cm³/mol. The number of nitrogens with zero attached hydrogens (tertiary/aromatic N) is 3. The Hall–Kier alpha value is -2.14. The summed E-state index contributed by atoms with van der Waals surface area (Å²) in [6, 6.07) is 9.43. The van der Waals surface area contributed by atoms with Crippen LogP contribution >= 0.6 is 0 Å². The zero-order valence-electron chi connectivity index (χ0n) is 16.4. The van der Waals surface area contributed by atoms with E-state index in [2.05, 4.69) is 52.2 Å². The van der Waals surface area contributed by atoms with E-state index < -0.39 is 0 Å². The van der Waals surface area contributed by atoms with Crippen LogP contribution in [0.25, 0.3) is 0 Å². The second-order valence-electron chi connectivity index (χ2n) is 7.94. The van der Waals surface area contributed by atoms with Gasteiger partial charge in [-0.05, 0) is 43.2 Å². The molecule has 1 N–H and O–H groups in total. The molecule has 1 unspecified atom stereocenters. The van der Waals surface area contributed by atoms with Crippen LogP contribution in [-0.4, -0.2) is 35.7 Å². The molecule has 5 nitrogen and oxygen atoms in total. The number of anilines is 1. The van der Waals surface area contributed by atoms with Crippen LogP contribution in [0.2, 0.25) is 0 Å². The highest BCUT2D eigenvalue weighted by atomic mass is 16.5. The molecule has 1 atom stereocenters. The summed E-state index contributed by atoms with van der Waals surface area (Å²) in [6.07, 6.45) is 8.11. The second-order valence-corrected chi connectivity index (χ2v) is 7.94. The van der Waals surface area contributed by atoms with Crippen molar-refractivity contribution in [2.45, 2.75) is 57.5 Å². The summed E-state index contributed by atoms with van der Waals surface area (Å²) in [5.41, 5.74) is 2.67. The molecule has 144 valence electrons. The number of aromatic nitrogens is 2. The van der Waals surface area contributed by atoms with Gasteiger partial charge in [0, 0.05) is 43.1 Å². The molecule has 2 aliphatic heterocycles. The fraction of sp³-hybridized carbons (Fsp3) is 0.545. The first-order valence-electron chi connectivity index (χ1n) is 10.3. The molecule has 2 aliphatic rings. The molecular formula is C22H30N4O. The molecule has 1 aromatic carbocycles. The van der Waals surface area contributed by atoms with E-state index >= 15 is 0 Å². The van der Waals surface area contributed by atoms with Crippen molar-refractivity contribution in [1.82, 2.24) is 15.3 Å². The van der Waals surface area contributed by atoms with Crippen LogP contribution in [0.5, 0.6) is 5.75 Å². The summed E-state index contributed by atoms with van der Waals surface area (Å²) in [7, 11) is 0. The van der Waals surface area contributed by atoms with Gasteiger partial charge in [-0.15, -0.1) is 0 Å². The van der Waals surface area contributed by atoms with Gasteiger partial charge in [0.2, 0.25) is 5.95 Å². The van der Waals surface area contributed by atoms with Crippen molar-refractivity contribution in [3.63, 3.8) is 0 Å². The first-order valence-corrected chi connectivity index (χ1v) is 10.3. The van der Waals surface area contributed by atoms with Gasteiger partial charge < -0.3 is 15.0 Å². The summed E-state index contributed by atoms with van der Waals surface area (Å²) in [5, 5.41) is 3.94. The maximum Gasteiger partial charge on any atom is 0.225 e. The molecular weight excluding hydrogens is 336 g/mol. The third-order valence-electron chi connectivity index (χ3n) is 5.72. The number of rotatable bonds is 4. The molecule has 5 heteroatoms. The maximum atomic E-state index is 6.17. The van der Waals surface area contributed by atoms with Crippen molar-refractivity contribution in [2.75, 3.05) is 24.6 Å². The van der Waals surface area contributed by atoms with Gasteiger partial charge in [0.1, 0.15) is 5.75 Å². The Kier molecular flexibility index (Phi) is 5.58. The van der Waals surface area contributed by atoms with Gasteiger partial charge >= 0.3 is 0 Å². The Morgan fingerprint density at radius 1 is 1.07 bits per heavy atom. The maximum absolute atomic E-state index is 6.17. The smallest absolute Gasteiger partial charge is 0.225 e. The Morgan fingerprint density at radius 2 is 1.85 bits per heavy atom. The molecule has 1 fully saturated rings. The lowest BCUT2D eigenvalue weighted by Gasteiger charge is -2.34. The molecule has 3 heterocycles. The molecule has 0 radical (unpaired) electrons. The van der Waals surface area contributed by atoms with E-state index in [0.717, 1.165) is 57.1 Å². The predicted octanol–water partition coefficient (Wildman–Crippen LogP) is 4.07. The highest BCUT2D eigenvalue weighted by Crippen LogP contribution is 2.38. The number of nitrogens with one attached hydrogen (secondary N) is 1. The van der Waals surface area contributed by atoms with Crippen LogP contribution in [0.3, 0.4) is 0 Å². The van der Waals surface area contributed by atoms with Crippen LogP contribution in [0, 0.1) is 0 Å². The average Bonchev–Trinajstić information content (AvgIpc) is 2.91. The minimum absolute atomic E-state index is 0.380. The summed E-state index contributed by atoms with van der Waals surface area (Å²) in [5.74, 6) is 2.45. The molecule has 0 aliphatic carbocycles. The number of hydrogen-bond acceptors (Lipinski definition) is 5. The van der Waals surface area contributed by atoms with Gasteiger partial charge in [-0.2, -0.15) is 0 Å². The minimum atomic E-state index is 0.380. The molecule has 2 aromatic rings. The van der Waals surface area contributed by atoms with Crippen molar-refractivity contribution in [1.29, 1.82) is 0 Å². The summed E-state index contributed by atoms with van der Waals surface area (Å²) in [4.78, 5) is 11.1. The number of ether oxygens (including phenoxy) is 1. The van der Waals surface area contributed by atoms with Gasteiger partial charge in [-0.1, -0.05) is 32.0 Å². The van der Waals surface area contributed by atoms with Gasteiger partial charge in [0.15, 0.2) is 0 Å². The highest BCUT2D eigenvalue weighted by Gasteiger charge is 2.27. The molecule has 0 bridgehead atoms. The Bertz CT molecular complexity index is 741. The largest absolute Gasteiger partial charge is 0.493 e. The van der Waals surface area contributed by atoms with Crippen LogP contribution in [0.1, 0.15) is 62.6 Å². The van der Waals surface area contributed by atoms with Gasteiger partial charge in [-0.25, -0.2) is 9.97 Å². The standard InChI is InChI=1S/C22H30N4O/c1-16(2)18-6-3-7-19-20(8-4-15-27-21(18)19)25-17-9-13-26(14-10-17)22-23-11-5-12-24-22/h3,5-7,11-12,16-17,20,25H,4,8-10,13-15H2,1-2H3. The van der Waals surface area contributed by atoms with E-state index in [1.165, 1.54) is 11.1 Å². The van der Waals surface area contributed by atoms with Crippen molar-refractivity contribution >= 4 is 5.95 Å². The molecule has 0 amide bonds. The Balaban J connectivity index is 1.44. The molecule has 27 heavy (non-hydrogen) atoms. The summed E-state index contributed by atoms with van der Waals surface area (Å²) >= 11 is 0. The van der Waals surface area contributed by atoms with E-state index in [0.29, 0.717) is 18.0 Å². The van der Waals surface area contributed by atoms with Gasteiger partial charge in [-0.3, -0.25) is 0 Å². The van der Waals surface area contributed by atoms with E-state index in [1.807, 2.05) is 18.5 Å². The first-order chi connectivity index (χ1) is 13.2. The highest BCUT2D eigenvalue weighted by molar-refractivity contribution is 5.45. The molecule has 0 saturated carbocycles. The fourth-order valence-corrected chi connectivity index (χ4v) is 4.24. The van der Waals surface area contributed by atoms with Gasteiger partial charge in [0.25, 0.3) is 0 Å². The van der Waals surface area contributed by atoms with E-state index in [9.17, 15) is 0 Å². The normalized spacial score (nSPS) is 20.9. The Morgan fingerprint density at radius 3 is 2.59 bits per heavy atom. The number of hydrogen-bond donors (Lipinski definition) is 1. The average molecular weight is 367 g/mol. The van der Waals surface area contributed by atoms with Crippen LogP contribution < -0.4 is 15.0 Å². The topological polar surface area (TPSA) is 50.3 Å². The lowest BCUT2D eigenvalue weighted by atomic mass is 9.93. The van der Waals surface area contributed by atoms with E-state index in [4.69, 9.17) is 4.74 Å². The minimum Gasteiger partial charge on any atom is -0.493 e. The number of benzene rings is 1. The zero-order chi connectivity index (χ0) is 18.6. The van der Waals surface area contributed by atoms with Crippen molar-refractivity contribution in [2.24, 2.45) is 0 Å². The molecule has 1 aromatic heterocycles. The third-order valence-corrected chi connectivity index (χ3v) is 5.72. The zero-order valence-corrected chi connectivity index (χ0v) is 16.4. The lowest BCUT2D eigenvalue weighted by Crippen LogP contribution is -2.44. The van der Waals surface area contributed by atoms with E-state index in [-0.39, 0.29) is 0 Å². The van der Waals surface area contributed by atoms with Crippen molar-refractivity contribution in [3.05, 3.63) is 47.8 Å². The fourth-order valence-electron chi connectivity index (χ4n) is 4.24.